The first-order valence-electron chi connectivity index (χ1n) is 2.05. The summed E-state index contributed by atoms with van der Waals surface area (Å²) in [6, 6.07) is 0. The van der Waals surface area contributed by atoms with Gasteiger partial charge in [0.15, 0.2) is 0 Å². The molecule has 0 aromatic heterocycles. The molecule has 0 aliphatic rings. The molecule has 0 atom stereocenters. The summed E-state index contributed by atoms with van der Waals surface area (Å²) in [4.78, 5) is 0. The minimum atomic E-state index is 0.850. The van der Waals surface area contributed by atoms with Crippen LogP contribution in [0.5, 0.6) is 0 Å². The summed E-state index contributed by atoms with van der Waals surface area (Å²) in [7, 11) is 0. The Hall–Kier alpha value is 0.690. The summed E-state index contributed by atoms with van der Waals surface area (Å²) >= 11 is 2.29. The molecule has 0 spiro atoms. The molecule has 0 bridgehead atoms. The maximum atomic E-state index is 4.98. The SMILES string of the molecule is CCOCCI. The van der Waals surface area contributed by atoms with Crippen LogP contribution in [-0.2, 0) is 4.74 Å². The number of hydrogen-bond donors (Lipinski definition) is 0. The molecule has 0 saturated heterocycles. The Morgan fingerprint density at radius 2 is 2.33 bits per heavy atom. The van der Waals surface area contributed by atoms with Gasteiger partial charge in [-0.25, -0.2) is 0 Å². The van der Waals surface area contributed by atoms with Crippen LogP contribution < -0.4 is 0 Å². The fourth-order valence-electron chi connectivity index (χ4n) is 0.199. The maximum absolute atomic E-state index is 4.98. The lowest BCUT2D eigenvalue weighted by molar-refractivity contribution is 0.166. The first-order chi connectivity index (χ1) is 2.91. The molecule has 0 heterocycles. The van der Waals surface area contributed by atoms with Gasteiger partial charge in [0.2, 0.25) is 0 Å². The first-order valence-corrected chi connectivity index (χ1v) is 3.58. The van der Waals surface area contributed by atoms with Crippen LogP contribution >= 0.6 is 22.6 Å². The van der Waals surface area contributed by atoms with E-state index in [1.807, 2.05) is 6.92 Å². The summed E-state index contributed by atoms with van der Waals surface area (Å²) < 4.78 is 6.08. The van der Waals surface area contributed by atoms with Crippen LogP contribution in [0.15, 0.2) is 0 Å². The number of rotatable bonds is 3. The van der Waals surface area contributed by atoms with Gasteiger partial charge in [-0.1, -0.05) is 22.6 Å². The molecule has 38 valence electrons. The lowest BCUT2D eigenvalue weighted by atomic mass is 10.8. The zero-order valence-electron chi connectivity index (χ0n) is 3.91. The Labute approximate surface area is 52.2 Å². The number of ether oxygens (including phenoxy) is 1. The van der Waals surface area contributed by atoms with E-state index in [1.54, 1.807) is 0 Å². The van der Waals surface area contributed by atoms with Crippen molar-refractivity contribution in [2.75, 3.05) is 17.6 Å². The van der Waals surface area contributed by atoms with Crippen molar-refractivity contribution in [1.29, 1.82) is 0 Å². The van der Waals surface area contributed by atoms with E-state index in [9.17, 15) is 0 Å². The van der Waals surface area contributed by atoms with Crippen LogP contribution in [0.2, 0.25) is 0 Å². The molecule has 6 heavy (non-hydrogen) atoms. The molecule has 0 fully saturated rings. The molecule has 0 aliphatic heterocycles. The van der Waals surface area contributed by atoms with Crippen molar-refractivity contribution in [3.8, 4) is 0 Å². The van der Waals surface area contributed by atoms with E-state index >= 15 is 0 Å². The van der Waals surface area contributed by atoms with Crippen LogP contribution in [0.3, 0.4) is 0 Å². The van der Waals surface area contributed by atoms with Crippen molar-refractivity contribution in [1.82, 2.24) is 0 Å². The van der Waals surface area contributed by atoms with Gasteiger partial charge in [-0.3, -0.25) is 0 Å². The molecule has 0 aliphatic carbocycles. The fourth-order valence-corrected chi connectivity index (χ4v) is 0.510. The smallest absolute Gasteiger partial charge is 0.0555 e. The molecule has 0 aromatic rings. The zero-order valence-corrected chi connectivity index (χ0v) is 6.07. The molecule has 0 radical (unpaired) electrons. The van der Waals surface area contributed by atoms with E-state index in [0.717, 1.165) is 17.6 Å². The maximum Gasteiger partial charge on any atom is 0.0555 e. The molecule has 0 rings (SSSR count). The molecule has 0 aromatic carbocycles. The standard InChI is InChI=1S/C4H9IO/c1-2-6-4-3-5/h2-4H2,1H3. The highest BCUT2D eigenvalue weighted by atomic mass is 127. The Balaban J connectivity index is 2.34. The highest BCUT2D eigenvalue weighted by molar-refractivity contribution is 14.1. The minimum absolute atomic E-state index is 0.850. The summed E-state index contributed by atoms with van der Waals surface area (Å²) in [6.07, 6.45) is 0. The van der Waals surface area contributed by atoms with Crippen molar-refractivity contribution in [3.63, 3.8) is 0 Å². The third-order valence-electron chi connectivity index (χ3n) is 0.426. The van der Waals surface area contributed by atoms with E-state index < -0.39 is 0 Å². The van der Waals surface area contributed by atoms with Gasteiger partial charge < -0.3 is 4.74 Å². The minimum Gasteiger partial charge on any atom is -0.381 e. The summed E-state index contributed by atoms with van der Waals surface area (Å²) in [6.45, 7) is 3.76. The third kappa shape index (κ3) is 4.69. The Bertz CT molecular complexity index is 19.5. The Morgan fingerprint density at radius 3 is 2.50 bits per heavy atom. The number of alkyl halides is 1. The summed E-state index contributed by atoms with van der Waals surface area (Å²) in [5, 5.41) is 0. The van der Waals surface area contributed by atoms with Crippen LogP contribution in [0.4, 0.5) is 0 Å². The van der Waals surface area contributed by atoms with Gasteiger partial charge in [-0.2, -0.15) is 0 Å². The van der Waals surface area contributed by atoms with Crippen molar-refractivity contribution in [3.05, 3.63) is 0 Å². The average Bonchev–Trinajstić information content (AvgIpc) is 1.61. The number of halogens is 1. The highest BCUT2D eigenvalue weighted by Gasteiger charge is 1.74. The molecule has 0 amide bonds. The average molecular weight is 200 g/mol. The third-order valence-corrected chi connectivity index (χ3v) is 0.866. The largest absolute Gasteiger partial charge is 0.381 e. The topological polar surface area (TPSA) is 9.23 Å². The molecule has 0 unspecified atom stereocenters. The molecule has 1 nitrogen and oxygen atoms in total. The van der Waals surface area contributed by atoms with Gasteiger partial charge in [0.05, 0.1) is 6.61 Å². The predicted molar refractivity (Wildman–Crippen MR) is 35.4 cm³/mol. The number of hydrogen-bond acceptors (Lipinski definition) is 1. The van der Waals surface area contributed by atoms with Crippen LogP contribution in [0.25, 0.3) is 0 Å². The van der Waals surface area contributed by atoms with E-state index in [2.05, 4.69) is 22.6 Å². The van der Waals surface area contributed by atoms with Crippen molar-refractivity contribution in [2.45, 2.75) is 6.92 Å². The van der Waals surface area contributed by atoms with E-state index in [0.29, 0.717) is 0 Å². The molecular weight excluding hydrogens is 191 g/mol. The first kappa shape index (κ1) is 6.69. The highest BCUT2D eigenvalue weighted by Crippen LogP contribution is 1.80. The van der Waals surface area contributed by atoms with Gasteiger partial charge in [0, 0.05) is 11.0 Å². The predicted octanol–water partition coefficient (Wildman–Crippen LogP) is 1.46. The zero-order chi connectivity index (χ0) is 4.83. The molecule has 0 saturated carbocycles. The van der Waals surface area contributed by atoms with Crippen LogP contribution in [0.1, 0.15) is 6.92 Å². The molecule has 0 N–H and O–H groups in total. The van der Waals surface area contributed by atoms with E-state index in [1.165, 1.54) is 0 Å². The van der Waals surface area contributed by atoms with Crippen molar-refractivity contribution >= 4 is 22.6 Å². The normalized spacial score (nSPS) is 9.00. The second kappa shape index (κ2) is 5.69. The quantitative estimate of drug-likeness (QED) is 0.380. The second-order valence-corrected chi connectivity index (χ2v) is 1.96. The van der Waals surface area contributed by atoms with Gasteiger partial charge >= 0.3 is 0 Å². The lowest BCUT2D eigenvalue weighted by Gasteiger charge is -1.90. The van der Waals surface area contributed by atoms with Crippen molar-refractivity contribution < 1.29 is 4.74 Å². The Kier molecular flexibility index (Phi) is 6.34. The van der Waals surface area contributed by atoms with Crippen LogP contribution in [-0.4, -0.2) is 17.6 Å². The van der Waals surface area contributed by atoms with Crippen molar-refractivity contribution in [2.24, 2.45) is 0 Å². The van der Waals surface area contributed by atoms with Crippen LogP contribution in [0, 0.1) is 0 Å². The fraction of sp³-hybridized carbons (Fsp3) is 1.00. The van der Waals surface area contributed by atoms with E-state index in [-0.39, 0.29) is 0 Å². The van der Waals surface area contributed by atoms with Gasteiger partial charge in [0.1, 0.15) is 0 Å². The molecular formula is C4H9IO. The van der Waals surface area contributed by atoms with Gasteiger partial charge in [0.25, 0.3) is 0 Å². The summed E-state index contributed by atoms with van der Waals surface area (Å²) in [5.74, 6) is 0. The van der Waals surface area contributed by atoms with Gasteiger partial charge in [-0.15, -0.1) is 0 Å². The monoisotopic (exact) mass is 200 g/mol. The summed E-state index contributed by atoms with van der Waals surface area (Å²) in [5.41, 5.74) is 0. The lowest BCUT2D eigenvalue weighted by Crippen LogP contribution is -1.91. The van der Waals surface area contributed by atoms with Gasteiger partial charge in [-0.05, 0) is 6.92 Å². The Morgan fingerprint density at radius 1 is 1.67 bits per heavy atom. The molecule has 2 heteroatoms. The van der Waals surface area contributed by atoms with E-state index in [4.69, 9.17) is 4.74 Å². The second-order valence-electron chi connectivity index (χ2n) is 0.886.